The molecule has 0 unspecified atom stereocenters. The Bertz CT molecular complexity index is 380. The van der Waals surface area contributed by atoms with E-state index in [4.69, 9.17) is 4.74 Å². The van der Waals surface area contributed by atoms with E-state index in [1.807, 2.05) is 0 Å². The van der Waals surface area contributed by atoms with Crippen molar-refractivity contribution in [2.75, 3.05) is 5.33 Å². The molecular weight excluding hydrogens is 266 g/mol. The van der Waals surface area contributed by atoms with Crippen LogP contribution in [0.25, 0.3) is 0 Å². The summed E-state index contributed by atoms with van der Waals surface area (Å²) in [6.07, 6.45) is 0.225. The first kappa shape index (κ1) is 11.6. The van der Waals surface area contributed by atoms with Crippen molar-refractivity contribution in [3.05, 3.63) is 34.4 Å². The van der Waals surface area contributed by atoms with Crippen LogP contribution < -0.4 is 4.74 Å². The standard InChI is InChI=1S/C9H8BrNO4/c10-5-4-9(12)15-8-3-1-2-7(6-8)11(13)14/h1-3,6H,4-5H2. The van der Waals surface area contributed by atoms with Gasteiger partial charge in [0.05, 0.1) is 17.4 Å². The molecule has 0 atom stereocenters. The summed E-state index contributed by atoms with van der Waals surface area (Å²) in [5.74, 6) is -0.234. The number of carbonyl (C=O) groups is 1. The molecule has 0 radical (unpaired) electrons. The van der Waals surface area contributed by atoms with Crippen molar-refractivity contribution in [3.8, 4) is 5.75 Å². The Morgan fingerprint density at radius 2 is 2.27 bits per heavy atom. The molecule has 0 heterocycles. The zero-order valence-corrected chi connectivity index (χ0v) is 9.27. The Hall–Kier alpha value is -1.43. The van der Waals surface area contributed by atoms with Gasteiger partial charge < -0.3 is 4.74 Å². The smallest absolute Gasteiger partial charge is 0.312 e. The number of non-ortho nitro benzene ring substituents is 1. The number of nitro groups is 1. The first-order valence-corrected chi connectivity index (χ1v) is 5.26. The summed E-state index contributed by atoms with van der Waals surface area (Å²) in [6.45, 7) is 0. The highest BCUT2D eigenvalue weighted by Crippen LogP contribution is 2.19. The molecule has 0 fully saturated rings. The van der Waals surface area contributed by atoms with Gasteiger partial charge in [-0.1, -0.05) is 22.0 Å². The van der Waals surface area contributed by atoms with Crippen LogP contribution in [0.5, 0.6) is 5.75 Å². The minimum Gasteiger partial charge on any atom is -0.426 e. The molecule has 0 N–H and O–H groups in total. The quantitative estimate of drug-likeness (QED) is 0.278. The molecule has 15 heavy (non-hydrogen) atoms. The summed E-state index contributed by atoms with van der Waals surface area (Å²) in [5, 5.41) is 10.9. The Morgan fingerprint density at radius 3 is 2.87 bits per heavy atom. The second kappa shape index (κ2) is 5.45. The lowest BCUT2D eigenvalue weighted by atomic mass is 10.3. The third kappa shape index (κ3) is 3.67. The van der Waals surface area contributed by atoms with Crippen molar-refractivity contribution < 1.29 is 14.5 Å². The topological polar surface area (TPSA) is 69.4 Å². The van der Waals surface area contributed by atoms with Gasteiger partial charge in [-0.15, -0.1) is 0 Å². The van der Waals surface area contributed by atoms with Gasteiger partial charge in [-0.05, 0) is 6.07 Å². The highest BCUT2D eigenvalue weighted by Gasteiger charge is 2.09. The van der Waals surface area contributed by atoms with Gasteiger partial charge in [0.25, 0.3) is 5.69 Å². The minimum absolute atomic E-state index is 0.0980. The van der Waals surface area contributed by atoms with Crippen LogP contribution in [-0.4, -0.2) is 16.2 Å². The van der Waals surface area contributed by atoms with Crippen molar-refractivity contribution in [1.82, 2.24) is 0 Å². The third-order valence-electron chi connectivity index (χ3n) is 1.56. The summed E-state index contributed by atoms with van der Waals surface area (Å²) < 4.78 is 4.87. The van der Waals surface area contributed by atoms with Crippen LogP contribution in [0.2, 0.25) is 0 Å². The predicted octanol–water partition coefficient (Wildman–Crippen LogP) is 2.29. The predicted molar refractivity (Wildman–Crippen MR) is 57.1 cm³/mol. The largest absolute Gasteiger partial charge is 0.426 e. The highest BCUT2D eigenvalue weighted by molar-refractivity contribution is 9.09. The average molecular weight is 274 g/mol. The van der Waals surface area contributed by atoms with Crippen LogP contribution >= 0.6 is 15.9 Å². The summed E-state index contributed by atoms with van der Waals surface area (Å²) >= 11 is 3.09. The van der Waals surface area contributed by atoms with Gasteiger partial charge >= 0.3 is 5.97 Å². The molecule has 0 aliphatic rings. The van der Waals surface area contributed by atoms with E-state index < -0.39 is 10.9 Å². The number of hydrogen-bond donors (Lipinski definition) is 0. The van der Waals surface area contributed by atoms with Gasteiger partial charge in [-0.3, -0.25) is 14.9 Å². The number of esters is 1. The maximum Gasteiger partial charge on any atom is 0.312 e. The van der Waals surface area contributed by atoms with E-state index in [0.29, 0.717) is 5.33 Å². The molecule has 0 amide bonds. The van der Waals surface area contributed by atoms with Crippen LogP contribution in [0.3, 0.4) is 0 Å². The summed E-state index contributed by atoms with van der Waals surface area (Å²) in [4.78, 5) is 21.0. The number of alkyl halides is 1. The van der Waals surface area contributed by atoms with E-state index in [0.717, 1.165) is 0 Å². The van der Waals surface area contributed by atoms with Gasteiger partial charge in [0, 0.05) is 11.4 Å². The average Bonchev–Trinajstić information content (AvgIpc) is 2.18. The lowest BCUT2D eigenvalue weighted by Crippen LogP contribution is -2.08. The molecule has 0 aliphatic carbocycles. The molecule has 0 aromatic heterocycles. The second-order valence-corrected chi connectivity index (χ2v) is 3.46. The van der Waals surface area contributed by atoms with Crippen LogP contribution in [0.4, 0.5) is 5.69 Å². The van der Waals surface area contributed by atoms with Gasteiger partial charge in [-0.25, -0.2) is 0 Å². The van der Waals surface area contributed by atoms with Crippen molar-refractivity contribution in [2.24, 2.45) is 0 Å². The van der Waals surface area contributed by atoms with E-state index >= 15 is 0 Å². The van der Waals surface area contributed by atoms with Crippen LogP contribution in [0, 0.1) is 10.1 Å². The van der Waals surface area contributed by atoms with E-state index in [-0.39, 0.29) is 17.9 Å². The van der Waals surface area contributed by atoms with E-state index in [2.05, 4.69) is 15.9 Å². The maximum atomic E-state index is 11.1. The first-order chi connectivity index (χ1) is 7.13. The van der Waals surface area contributed by atoms with Crippen molar-refractivity contribution in [3.63, 3.8) is 0 Å². The monoisotopic (exact) mass is 273 g/mol. The van der Waals surface area contributed by atoms with Crippen molar-refractivity contribution >= 4 is 27.6 Å². The zero-order valence-electron chi connectivity index (χ0n) is 7.68. The van der Waals surface area contributed by atoms with Gasteiger partial charge in [0.2, 0.25) is 0 Å². The third-order valence-corrected chi connectivity index (χ3v) is 1.96. The summed E-state index contributed by atoms with van der Waals surface area (Å²) in [5.41, 5.74) is -0.0980. The number of halogens is 1. The Kier molecular flexibility index (Phi) is 4.23. The zero-order chi connectivity index (χ0) is 11.3. The molecule has 1 rings (SSSR count). The number of hydrogen-bond acceptors (Lipinski definition) is 4. The Labute approximate surface area is 94.3 Å². The number of nitro benzene ring substituents is 1. The lowest BCUT2D eigenvalue weighted by Gasteiger charge is -2.01. The second-order valence-electron chi connectivity index (χ2n) is 2.67. The Morgan fingerprint density at radius 1 is 1.53 bits per heavy atom. The maximum absolute atomic E-state index is 11.1. The molecule has 80 valence electrons. The molecule has 0 saturated carbocycles. The molecule has 6 heteroatoms. The van der Waals surface area contributed by atoms with Crippen molar-refractivity contribution in [1.29, 1.82) is 0 Å². The number of benzene rings is 1. The molecular formula is C9H8BrNO4. The number of carbonyl (C=O) groups excluding carboxylic acids is 1. The molecule has 0 saturated heterocycles. The first-order valence-electron chi connectivity index (χ1n) is 4.14. The Balaban J connectivity index is 2.73. The molecule has 0 spiro atoms. The van der Waals surface area contributed by atoms with Gasteiger partial charge in [0.1, 0.15) is 5.75 Å². The van der Waals surface area contributed by atoms with Gasteiger partial charge in [-0.2, -0.15) is 0 Å². The number of nitrogens with zero attached hydrogens (tertiary/aromatic N) is 1. The van der Waals surface area contributed by atoms with Crippen LogP contribution in [0.1, 0.15) is 6.42 Å². The number of ether oxygens (including phenoxy) is 1. The summed E-state index contributed by atoms with van der Waals surface area (Å²) in [7, 11) is 0. The van der Waals surface area contributed by atoms with E-state index in [9.17, 15) is 14.9 Å². The normalized spacial score (nSPS) is 9.67. The highest BCUT2D eigenvalue weighted by atomic mass is 79.9. The molecule has 1 aromatic carbocycles. The number of rotatable bonds is 4. The van der Waals surface area contributed by atoms with Gasteiger partial charge in [0.15, 0.2) is 0 Å². The van der Waals surface area contributed by atoms with Crippen LogP contribution in [0.15, 0.2) is 24.3 Å². The van der Waals surface area contributed by atoms with E-state index in [1.54, 1.807) is 0 Å². The molecule has 0 aliphatic heterocycles. The lowest BCUT2D eigenvalue weighted by molar-refractivity contribution is -0.384. The van der Waals surface area contributed by atoms with E-state index in [1.165, 1.54) is 24.3 Å². The van der Waals surface area contributed by atoms with Crippen LogP contribution in [-0.2, 0) is 4.79 Å². The minimum atomic E-state index is -0.540. The molecule has 5 nitrogen and oxygen atoms in total. The summed E-state index contributed by atoms with van der Waals surface area (Å²) in [6, 6.07) is 5.52. The van der Waals surface area contributed by atoms with Crippen molar-refractivity contribution in [2.45, 2.75) is 6.42 Å². The molecule has 0 bridgehead atoms. The fourth-order valence-electron chi connectivity index (χ4n) is 0.920. The fraction of sp³-hybridized carbons (Fsp3) is 0.222. The molecule has 1 aromatic rings. The SMILES string of the molecule is O=C(CCBr)Oc1cccc([N+](=O)[O-])c1. The fourth-order valence-corrected chi connectivity index (χ4v) is 1.24.